The molecule has 0 fully saturated rings. The summed E-state index contributed by atoms with van der Waals surface area (Å²) in [5.41, 5.74) is 0.994. The van der Waals surface area contributed by atoms with Gasteiger partial charge in [0, 0.05) is 0 Å². The Morgan fingerprint density at radius 2 is 1.80 bits per heavy atom. The minimum absolute atomic E-state index is 0.169. The van der Waals surface area contributed by atoms with Gasteiger partial charge in [0.25, 0.3) is 0 Å². The van der Waals surface area contributed by atoms with Gasteiger partial charge in [-0.15, -0.1) is 6.58 Å². The summed E-state index contributed by atoms with van der Waals surface area (Å²) in [6, 6.07) is 7.99. The van der Waals surface area contributed by atoms with E-state index in [9.17, 15) is 9.59 Å². The molecule has 20 heavy (non-hydrogen) atoms. The van der Waals surface area contributed by atoms with E-state index in [-0.39, 0.29) is 11.9 Å². The van der Waals surface area contributed by atoms with E-state index in [0.717, 1.165) is 5.56 Å². The van der Waals surface area contributed by atoms with Crippen molar-refractivity contribution in [2.75, 3.05) is 0 Å². The second-order valence-corrected chi connectivity index (χ2v) is 4.58. The van der Waals surface area contributed by atoms with Gasteiger partial charge in [0.2, 0.25) is 5.91 Å². The molecule has 0 aliphatic rings. The molecule has 0 aliphatic carbocycles. The standard InChI is InChI=1S/C15H20N2O3/c1-4-13(12-8-6-5-7-9-12)16-10(2)14(18)17-11(3)15(19)20/h4-11,13,16H,1H2,2-3H3,(H,17,18)(H,19,20). The Balaban J connectivity index is 2.64. The molecular weight excluding hydrogens is 256 g/mol. The highest BCUT2D eigenvalue weighted by Crippen LogP contribution is 2.14. The average molecular weight is 276 g/mol. The fourth-order valence-corrected chi connectivity index (χ4v) is 1.71. The maximum absolute atomic E-state index is 11.9. The van der Waals surface area contributed by atoms with Crippen LogP contribution in [0.25, 0.3) is 0 Å². The first-order valence-corrected chi connectivity index (χ1v) is 6.42. The number of hydrogen-bond acceptors (Lipinski definition) is 3. The number of carboxylic acids is 1. The summed E-state index contributed by atoms with van der Waals surface area (Å²) < 4.78 is 0. The fourth-order valence-electron chi connectivity index (χ4n) is 1.71. The Bertz CT molecular complexity index is 473. The number of carbonyl (C=O) groups excluding carboxylic acids is 1. The number of nitrogens with one attached hydrogen (secondary N) is 2. The van der Waals surface area contributed by atoms with E-state index < -0.39 is 18.1 Å². The van der Waals surface area contributed by atoms with Crippen LogP contribution in [0.15, 0.2) is 43.0 Å². The molecule has 0 saturated heterocycles. The van der Waals surface area contributed by atoms with Crippen LogP contribution in [0, 0.1) is 0 Å². The molecule has 0 spiro atoms. The van der Waals surface area contributed by atoms with Gasteiger partial charge < -0.3 is 10.4 Å². The molecule has 1 rings (SSSR count). The van der Waals surface area contributed by atoms with Gasteiger partial charge in [-0.3, -0.25) is 14.9 Å². The summed E-state index contributed by atoms with van der Waals surface area (Å²) in [5, 5.41) is 14.3. The van der Waals surface area contributed by atoms with E-state index >= 15 is 0 Å². The molecular formula is C15H20N2O3. The van der Waals surface area contributed by atoms with E-state index in [1.165, 1.54) is 6.92 Å². The summed E-state index contributed by atoms with van der Waals surface area (Å²) in [5.74, 6) is -1.42. The molecule has 5 nitrogen and oxygen atoms in total. The predicted molar refractivity (Wildman–Crippen MR) is 77.2 cm³/mol. The number of amides is 1. The SMILES string of the molecule is C=CC(NC(C)C(=O)NC(C)C(=O)O)c1ccccc1. The molecule has 3 atom stereocenters. The summed E-state index contributed by atoms with van der Waals surface area (Å²) in [6.07, 6.45) is 1.71. The summed E-state index contributed by atoms with van der Waals surface area (Å²) in [6.45, 7) is 6.86. The first-order valence-electron chi connectivity index (χ1n) is 6.42. The van der Waals surface area contributed by atoms with Crippen molar-refractivity contribution in [2.45, 2.75) is 32.0 Å². The topological polar surface area (TPSA) is 78.4 Å². The van der Waals surface area contributed by atoms with Gasteiger partial charge in [-0.1, -0.05) is 36.4 Å². The number of carbonyl (C=O) groups is 2. The van der Waals surface area contributed by atoms with Gasteiger partial charge in [-0.05, 0) is 19.4 Å². The molecule has 0 saturated carbocycles. The molecule has 0 aliphatic heterocycles. The van der Waals surface area contributed by atoms with Crippen molar-refractivity contribution in [3.8, 4) is 0 Å². The number of carboxylic acid groups (broad SMARTS) is 1. The highest BCUT2D eigenvalue weighted by atomic mass is 16.4. The Morgan fingerprint density at radius 3 is 2.30 bits per heavy atom. The van der Waals surface area contributed by atoms with Crippen LogP contribution in [-0.2, 0) is 9.59 Å². The molecule has 0 bridgehead atoms. The van der Waals surface area contributed by atoms with E-state index in [2.05, 4.69) is 17.2 Å². The summed E-state index contributed by atoms with van der Waals surface area (Å²) >= 11 is 0. The largest absolute Gasteiger partial charge is 0.480 e. The summed E-state index contributed by atoms with van der Waals surface area (Å²) in [7, 11) is 0. The van der Waals surface area contributed by atoms with Gasteiger partial charge in [0.05, 0.1) is 12.1 Å². The second-order valence-electron chi connectivity index (χ2n) is 4.58. The highest BCUT2D eigenvalue weighted by Gasteiger charge is 2.20. The van der Waals surface area contributed by atoms with Crippen LogP contribution in [0.4, 0.5) is 0 Å². The number of rotatable bonds is 7. The van der Waals surface area contributed by atoms with Crippen molar-refractivity contribution in [3.63, 3.8) is 0 Å². The Morgan fingerprint density at radius 1 is 1.20 bits per heavy atom. The van der Waals surface area contributed by atoms with Crippen molar-refractivity contribution >= 4 is 11.9 Å². The quantitative estimate of drug-likeness (QED) is 0.659. The Labute approximate surface area is 118 Å². The number of benzene rings is 1. The van der Waals surface area contributed by atoms with Crippen LogP contribution in [0.5, 0.6) is 0 Å². The van der Waals surface area contributed by atoms with Crippen LogP contribution in [-0.4, -0.2) is 29.1 Å². The van der Waals surface area contributed by atoms with Crippen LogP contribution in [0.3, 0.4) is 0 Å². The first-order chi connectivity index (χ1) is 9.45. The molecule has 1 aromatic carbocycles. The lowest BCUT2D eigenvalue weighted by Crippen LogP contribution is -2.48. The third-order valence-electron chi connectivity index (χ3n) is 2.95. The molecule has 1 aromatic rings. The minimum Gasteiger partial charge on any atom is -0.480 e. The molecule has 108 valence electrons. The van der Waals surface area contributed by atoms with Gasteiger partial charge in [0.15, 0.2) is 0 Å². The number of hydrogen-bond donors (Lipinski definition) is 3. The van der Waals surface area contributed by atoms with Crippen LogP contribution in [0.1, 0.15) is 25.5 Å². The third-order valence-corrected chi connectivity index (χ3v) is 2.95. The smallest absolute Gasteiger partial charge is 0.325 e. The van der Waals surface area contributed by atoms with E-state index in [0.29, 0.717) is 0 Å². The normalized spacial score (nSPS) is 14.9. The molecule has 0 aromatic heterocycles. The van der Waals surface area contributed by atoms with Crippen LogP contribution < -0.4 is 10.6 Å². The molecule has 0 radical (unpaired) electrons. The lowest BCUT2D eigenvalue weighted by molar-refractivity contribution is -0.141. The number of aliphatic carboxylic acids is 1. The average Bonchev–Trinajstić information content (AvgIpc) is 2.45. The highest BCUT2D eigenvalue weighted by molar-refractivity contribution is 5.86. The second kappa shape index (κ2) is 7.45. The zero-order chi connectivity index (χ0) is 15.1. The van der Waals surface area contributed by atoms with Gasteiger partial charge in [0.1, 0.15) is 6.04 Å². The van der Waals surface area contributed by atoms with Gasteiger partial charge >= 0.3 is 5.97 Å². The van der Waals surface area contributed by atoms with Crippen molar-refractivity contribution < 1.29 is 14.7 Å². The van der Waals surface area contributed by atoms with Gasteiger partial charge in [-0.2, -0.15) is 0 Å². The van der Waals surface area contributed by atoms with Crippen molar-refractivity contribution in [1.82, 2.24) is 10.6 Å². The lowest BCUT2D eigenvalue weighted by Gasteiger charge is -2.21. The van der Waals surface area contributed by atoms with E-state index in [1.54, 1.807) is 13.0 Å². The molecule has 3 N–H and O–H groups in total. The molecule has 1 amide bonds. The fraction of sp³-hybridized carbons (Fsp3) is 0.333. The van der Waals surface area contributed by atoms with Crippen molar-refractivity contribution in [1.29, 1.82) is 0 Å². The summed E-state index contributed by atoms with van der Waals surface area (Å²) in [4.78, 5) is 22.6. The zero-order valence-corrected chi connectivity index (χ0v) is 11.7. The monoisotopic (exact) mass is 276 g/mol. The zero-order valence-electron chi connectivity index (χ0n) is 11.7. The maximum Gasteiger partial charge on any atom is 0.325 e. The third kappa shape index (κ3) is 4.51. The minimum atomic E-state index is -1.06. The first kappa shape index (κ1) is 15.9. The van der Waals surface area contributed by atoms with Gasteiger partial charge in [-0.25, -0.2) is 0 Å². The maximum atomic E-state index is 11.9. The lowest BCUT2D eigenvalue weighted by atomic mass is 10.1. The van der Waals surface area contributed by atoms with Crippen molar-refractivity contribution in [2.24, 2.45) is 0 Å². The van der Waals surface area contributed by atoms with Crippen LogP contribution >= 0.6 is 0 Å². The molecule has 5 heteroatoms. The molecule has 0 heterocycles. The van der Waals surface area contributed by atoms with E-state index in [1.807, 2.05) is 30.3 Å². The van der Waals surface area contributed by atoms with Crippen LogP contribution in [0.2, 0.25) is 0 Å². The Hall–Kier alpha value is -2.14. The predicted octanol–water partition coefficient (Wildman–Crippen LogP) is 1.48. The van der Waals surface area contributed by atoms with Crippen molar-refractivity contribution in [3.05, 3.63) is 48.6 Å². The Kier molecular flexibility index (Phi) is 5.93. The molecule has 3 unspecified atom stereocenters. The van der Waals surface area contributed by atoms with E-state index in [4.69, 9.17) is 5.11 Å².